The van der Waals surface area contributed by atoms with Crippen LogP contribution in [-0.4, -0.2) is 77.9 Å². The largest absolute Gasteiger partial charge is 0.336 e. The molecule has 0 unspecified atom stereocenters. The van der Waals surface area contributed by atoms with Crippen molar-refractivity contribution in [3.05, 3.63) is 29.8 Å². The number of nitrogens with one attached hydrogen (secondary N) is 1. The smallest absolute Gasteiger partial charge is 0.238 e. The number of amides is 2. The average Bonchev–Trinajstić information content (AvgIpc) is 2.69. The zero-order valence-corrected chi connectivity index (χ0v) is 18.2. The number of carbonyl (C=O) groups is 2. The average molecular weight is 401 g/mol. The van der Waals surface area contributed by atoms with Crippen molar-refractivity contribution in [3.63, 3.8) is 0 Å². The van der Waals surface area contributed by atoms with Gasteiger partial charge in [0.2, 0.25) is 11.8 Å². The third-order valence-corrected chi connectivity index (χ3v) is 6.34. The number of aryl methyl sites for hydroxylation is 1. The Morgan fingerprint density at radius 1 is 0.966 bits per heavy atom. The summed E-state index contributed by atoms with van der Waals surface area (Å²) >= 11 is 0. The molecule has 1 N–H and O–H groups in total. The summed E-state index contributed by atoms with van der Waals surface area (Å²) in [7, 11) is 0. The number of para-hydroxylation sites is 1. The van der Waals surface area contributed by atoms with E-state index in [9.17, 15) is 9.59 Å². The van der Waals surface area contributed by atoms with E-state index in [-0.39, 0.29) is 11.8 Å². The summed E-state index contributed by atoms with van der Waals surface area (Å²) in [5.74, 6) is 0.290. The van der Waals surface area contributed by atoms with Crippen molar-refractivity contribution in [1.29, 1.82) is 0 Å². The van der Waals surface area contributed by atoms with E-state index in [1.807, 2.05) is 18.2 Å². The molecular formula is C23H36N4O2. The van der Waals surface area contributed by atoms with Gasteiger partial charge < -0.3 is 10.2 Å². The van der Waals surface area contributed by atoms with E-state index in [0.29, 0.717) is 25.2 Å². The van der Waals surface area contributed by atoms with Gasteiger partial charge in [-0.25, -0.2) is 0 Å². The van der Waals surface area contributed by atoms with Gasteiger partial charge in [0.15, 0.2) is 0 Å². The fourth-order valence-electron chi connectivity index (χ4n) is 4.63. The van der Waals surface area contributed by atoms with Gasteiger partial charge in [0.05, 0.1) is 13.1 Å². The van der Waals surface area contributed by atoms with E-state index < -0.39 is 0 Å². The lowest BCUT2D eigenvalue weighted by Gasteiger charge is -2.41. The van der Waals surface area contributed by atoms with Crippen molar-refractivity contribution in [2.24, 2.45) is 0 Å². The van der Waals surface area contributed by atoms with E-state index in [1.54, 1.807) is 0 Å². The lowest BCUT2D eigenvalue weighted by molar-refractivity contribution is -0.139. The van der Waals surface area contributed by atoms with Crippen molar-refractivity contribution in [2.45, 2.75) is 58.5 Å². The molecule has 6 nitrogen and oxygen atoms in total. The number of hydrogen-bond donors (Lipinski definition) is 1. The summed E-state index contributed by atoms with van der Waals surface area (Å²) in [6.45, 7) is 10.6. The molecular weight excluding hydrogens is 364 g/mol. The first-order valence-electron chi connectivity index (χ1n) is 11.1. The van der Waals surface area contributed by atoms with E-state index in [4.69, 9.17) is 0 Å². The quantitative estimate of drug-likeness (QED) is 0.798. The first-order valence-corrected chi connectivity index (χ1v) is 11.1. The van der Waals surface area contributed by atoms with Crippen LogP contribution in [0, 0.1) is 0 Å². The van der Waals surface area contributed by atoms with Crippen LogP contribution in [-0.2, 0) is 16.0 Å². The first-order chi connectivity index (χ1) is 14.0. The van der Waals surface area contributed by atoms with Crippen LogP contribution < -0.4 is 5.32 Å². The third kappa shape index (κ3) is 5.80. The van der Waals surface area contributed by atoms with Gasteiger partial charge in [0.25, 0.3) is 0 Å². The fourth-order valence-corrected chi connectivity index (χ4v) is 4.63. The Balaban J connectivity index is 1.43. The molecule has 0 spiro atoms. The topological polar surface area (TPSA) is 55.9 Å². The van der Waals surface area contributed by atoms with Crippen LogP contribution in [0.3, 0.4) is 0 Å². The van der Waals surface area contributed by atoms with Gasteiger partial charge in [0.1, 0.15) is 0 Å². The summed E-state index contributed by atoms with van der Waals surface area (Å²) < 4.78 is 0. The van der Waals surface area contributed by atoms with Crippen molar-refractivity contribution in [2.75, 3.05) is 44.6 Å². The highest BCUT2D eigenvalue weighted by Crippen LogP contribution is 2.23. The minimum absolute atomic E-state index is 0.0337. The normalized spacial score (nSPS) is 23.8. The number of rotatable bonds is 6. The van der Waals surface area contributed by atoms with Crippen LogP contribution in [0.1, 0.15) is 45.6 Å². The number of likely N-dealkylation sites (tertiary alicyclic amines) is 1. The molecule has 2 saturated heterocycles. The van der Waals surface area contributed by atoms with Gasteiger partial charge in [-0.05, 0) is 51.2 Å². The van der Waals surface area contributed by atoms with Crippen molar-refractivity contribution in [3.8, 4) is 0 Å². The van der Waals surface area contributed by atoms with Crippen LogP contribution in [0.2, 0.25) is 0 Å². The number of hydrogen-bond acceptors (Lipinski definition) is 4. The Morgan fingerprint density at radius 3 is 2.17 bits per heavy atom. The number of anilines is 1. The highest BCUT2D eigenvalue weighted by molar-refractivity contribution is 5.93. The molecule has 160 valence electrons. The Hall–Kier alpha value is -1.92. The van der Waals surface area contributed by atoms with Crippen LogP contribution in [0.5, 0.6) is 0 Å². The molecule has 0 aliphatic carbocycles. The zero-order chi connectivity index (χ0) is 20.8. The van der Waals surface area contributed by atoms with Crippen LogP contribution in [0.25, 0.3) is 0 Å². The number of carbonyl (C=O) groups excluding carboxylic acids is 2. The predicted molar refractivity (Wildman–Crippen MR) is 117 cm³/mol. The molecule has 0 radical (unpaired) electrons. The summed E-state index contributed by atoms with van der Waals surface area (Å²) in [6.07, 6.45) is 4.34. The Morgan fingerprint density at radius 2 is 1.55 bits per heavy atom. The van der Waals surface area contributed by atoms with Gasteiger partial charge >= 0.3 is 0 Å². The molecule has 2 aliphatic heterocycles. The zero-order valence-electron chi connectivity index (χ0n) is 18.2. The van der Waals surface area contributed by atoms with E-state index in [2.05, 4.69) is 46.9 Å². The summed E-state index contributed by atoms with van der Waals surface area (Å²) in [5.41, 5.74) is 2.07. The molecule has 2 amide bonds. The van der Waals surface area contributed by atoms with Crippen molar-refractivity contribution < 1.29 is 9.59 Å². The first kappa shape index (κ1) is 21.8. The van der Waals surface area contributed by atoms with Gasteiger partial charge in [-0.3, -0.25) is 19.4 Å². The number of piperidine rings is 1. The van der Waals surface area contributed by atoms with Gasteiger partial charge in [-0.1, -0.05) is 25.1 Å². The maximum atomic E-state index is 12.8. The lowest BCUT2D eigenvalue weighted by Crippen LogP contribution is -2.54. The third-order valence-electron chi connectivity index (χ3n) is 6.34. The minimum atomic E-state index is 0.0337. The monoisotopic (exact) mass is 400 g/mol. The molecule has 0 aromatic heterocycles. The Kier molecular flexibility index (Phi) is 7.67. The predicted octanol–water partition coefficient (Wildman–Crippen LogP) is 2.59. The summed E-state index contributed by atoms with van der Waals surface area (Å²) in [6, 6.07) is 8.66. The number of piperazine rings is 1. The molecule has 2 heterocycles. The maximum absolute atomic E-state index is 12.8. The van der Waals surface area contributed by atoms with E-state index in [1.165, 1.54) is 6.42 Å². The molecule has 2 fully saturated rings. The van der Waals surface area contributed by atoms with Crippen LogP contribution in [0.15, 0.2) is 24.3 Å². The second-order valence-corrected chi connectivity index (χ2v) is 8.54. The van der Waals surface area contributed by atoms with Gasteiger partial charge in [-0.15, -0.1) is 0 Å². The molecule has 29 heavy (non-hydrogen) atoms. The summed E-state index contributed by atoms with van der Waals surface area (Å²) in [4.78, 5) is 31.8. The van der Waals surface area contributed by atoms with Gasteiger partial charge in [0, 0.05) is 44.0 Å². The maximum Gasteiger partial charge on any atom is 0.238 e. The molecule has 6 heteroatoms. The molecule has 2 aliphatic rings. The Labute approximate surface area is 175 Å². The molecule has 1 aromatic carbocycles. The summed E-state index contributed by atoms with van der Waals surface area (Å²) in [5, 5.41) is 3.05. The molecule has 0 bridgehead atoms. The van der Waals surface area contributed by atoms with Gasteiger partial charge in [-0.2, -0.15) is 0 Å². The molecule has 1 aromatic rings. The second kappa shape index (κ2) is 10.2. The standard InChI is InChI=1S/C23H36N4O2/c1-4-20-10-5-6-11-21(20)24-22(28)16-25-12-14-26(15-13-25)17-23(29)27-18(2)8-7-9-19(27)3/h5-6,10-11,18-19H,4,7-9,12-17H2,1-3H3,(H,24,28)/t18-,19-/m1/s1. The second-order valence-electron chi connectivity index (χ2n) is 8.54. The lowest BCUT2D eigenvalue weighted by atomic mass is 9.97. The molecule has 3 rings (SSSR count). The van der Waals surface area contributed by atoms with Crippen molar-refractivity contribution in [1.82, 2.24) is 14.7 Å². The molecule has 0 saturated carbocycles. The fraction of sp³-hybridized carbons (Fsp3) is 0.652. The molecule has 2 atom stereocenters. The van der Waals surface area contributed by atoms with Crippen LogP contribution >= 0.6 is 0 Å². The van der Waals surface area contributed by atoms with E-state index in [0.717, 1.165) is 56.7 Å². The van der Waals surface area contributed by atoms with Crippen molar-refractivity contribution >= 4 is 17.5 Å². The van der Waals surface area contributed by atoms with E-state index >= 15 is 0 Å². The van der Waals surface area contributed by atoms with Crippen LogP contribution in [0.4, 0.5) is 5.69 Å². The number of nitrogens with zero attached hydrogens (tertiary/aromatic N) is 3. The minimum Gasteiger partial charge on any atom is -0.336 e. The Bertz CT molecular complexity index is 690. The highest BCUT2D eigenvalue weighted by Gasteiger charge is 2.30. The number of benzene rings is 1. The highest BCUT2D eigenvalue weighted by atomic mass is 16.2. The SMILES string of the molecule is CCc1ccccc1NC(=O)CN1CCN(CC(=O)N2[C@H](C)CCC[C@H]2C)CC1.